The molecular formula is C19H17ClN2O3. The molecule has 25 heavy (non-hydrogen) atoms. The summed E-state index contributed by atoms with van der Waals surface area (Å²) >= 11 is 5.82. The Morgan fingerprint density at radius 3 is 2.60 bits per heavy atom. The molecule has 0 unspecified atom stereocenters. The first kappa shape index (κ1) is 16.0. The number of nitrogens with zero attached hydrogens (tertiary/aromatic N) is 1. The minimum Gasteiger partial charge on any atom is -0.484 e. The summed E-state index contributed by atoms with van der Waals surface area (Å²) in [5.74, 6) is 0.570. The van der Waals surface area contributed by atoms with E-state index in [2.05, 4.69) is 5.32 Å². The molecule has 128 valence electrons. The maximum atomic E-state index is 12.2. The minimum atomic E-state index is -0.219. The second-order valence-electron chi connectivity index (χ2n) is 6.23. The smallest absolute Gasteiger partial charge is 0.262 e. The highest BCUT2D eigenvalue weighted by atomic mass is 35.5. The van der Waals surface area contributed by atoms with Crippen LogP contribution in [0.15, 0.2) is 36.4 Å². The highest BCUT2D eigenvalue weighted by molar-refractivity contribution is 6.30. The van der Waals surface area contributed by atoms with Gasteiger partial charge in [0.25, 0.3) is 5.91 Å². The minimum absolute atomic E-state index is 0.0708. The van der Waals surface area contributed by atoms with E-state index in [0.29, 0.717) is 17.2 Å². The quantitative estimate of drug-likeness (QED) is 0.915. The zero-order valence-electron chi connectivity index (χ0n) is 13.5. The molecule has 0 bridgehead atoms. The van der Waals surface area contributed by atoms with Gasteiger partial charge in [-0.15, -0.1) is 0 Å². The normalized spacial score (nSPS) is 15.1. The number of hydrogen-bond donors (Lipinski definition) is 1. The fourth-order valence-electron chi connectivity index (χ4n) is 3.41. The van der Waals surface area contributed by atoms with Crippen LogP contribution in [-0.2, 0) is 22.4 Å². The number of anilines is 2. The van der Waals surface area contributed by atoms with Crippen LogP contribution < -0.4 is 15.0 Å². The first-order valence-corrected chi connectivity index (χ1v) is 8.62. The Kier molecular flexibility index (Phi) is 4.09. The number of carbonyl (C=O) groups is 2. The van der Waals surface area contributed by atoms with Crippen molar-refractivity contribution < 1.29 is 14.3 Å². The second kappa shape index (κ2) is 6.41. The molecule has 4 rings (SSSR count). The molecule has 6 heteroatoms. The molecule has 2 aromatic rings. The number of hydrogen-bond acceptors (Lipinski definition) is 3. The van der Waals surface area contributed by atoms with E-state index in [1.807, 2.05) is 17.0 Å². The third-order valence-electron chi connectivity index (χ3n) is 4.52. The largest absolute Gasteiger partial charge is 0.484 e. The van der Waals surface area contributed by atoms with E-state index in [-0.39, 0.29) is 18.4 Å². The van der Waals surface area contributed by atoms with Crippen LogP contribution in [0.2, 0.25) is 5.02 Å². The summed E-state index contributed by atoms with van der Waals surface area (Å²) in [6, 6.07) is 10.8. The van der Waals surface area contributed by atoms with Crippen LogP contribution in [0.5, 0.6) is 5.75 Å². The molecule has 0 spiro atoms. The van der Waals surface area contributed by atoms with E-state index >= 15 is 0 Å². The van der Waals surface area contributed by atoms with Crippen LogP contribution >= 0.6 is 11.6 Å². The average molecular weight is 357 g/mol. The number of carbonyl (C=O) groups excluding carboxylic acids is 2. The Hall–Kier alpha value is -2.53. The number of nitrogens with one attached hydrogen (secondary N) is 1. The van der Waals surface area contributed by atoms with E-state index in [1.165, 1.54) is 0 Å². The van der Waals surface area contributed by atoms with Gasteiger partial charge >= 0.3 is 0 Å². The third-order valence-corrected chi connectivity index (χ3v) is 4.77. The van der Waals surface area contributed by atoms with Crippen molar-refractivity contribution in [2.45, 2.75) is 19.3 Å². The fraction of sp³-hybridized carbons (Fsp3) is 0.263. The number of amides is 2. The number of benzene rings is 2. The summed E-state index contributed by atoms with van der Waals surface area (Å²) in [6.07, 6.45) is 2.09. The lowest BCUT2D eigenvalue weighted by molar-refractivity contribution is -0.119. The van der Waals surface area contributed by atoms with Crippen molar-refractivity contribution in [3.63, 3.8) is 0 Å². The molecule has 2 aliphatic heterocycles. The predicted octanol–water partition coefficient (Wildman–Crippen LogP) is 3.19. The number of rotatable bonds is 4. The Morgan fingerprint density at radius 2 is 1.84 bits per heavy atom. The summed E-state index contributed by atoms with van der Waals surface area (Å²) in [5, 5.41) is 3.51. The van der Waals surface area contributed by atoms with Crippen LogP contribution in [0.1, 0.15) is 17.5 Å². The van der Waals surface area contributed by atoms with Crippen LogP contribution in [0.25, 0.3) is 0 Å². The molecular weight excluding hydrogens is 340 g/mol. The third kappa shape index (κ3) is 3.20. The molecule has 0 saturated heterocycles. The van der Waals surface area contributed by atoms with Gasteiger partial charge < -0.3 is 15.0 Å². The zero-order chi connectivity index (χ0) is 17.4. The molecule has 2 heterocycles. The van der Waals surface area contributed by atoms with Crippen molar-refractivity contribution in [3.05, 3.63) is 52.5 Å². The summed E-state index contributed by atoms with van der Waals surface area (Å²) in [4.78, 5) is 26.0. The molecule has 0 fully saturated rings. The first-order valence-electron chi connectivity index (χ1n) is 8.24. The molecule has 0 saturated carbocycles. The number of halogens is 1. The van der Waals surface area contributed by atoms with Gasteiger partial charge in [0.1, 0.15) is 5.75 Å². The van der Waals surface area contributed by atoms with E-state index < -0.39 is 0 Å². The maximum Gasteiger partial charge on any atom is 0.262 e. The van der Waals surface area contributed by atoms with Gasteiger partial charge in [-0.2, -0.15) is 0 Å². The summed E-state index contributed by atoms with van der Waals surface area (Å²) in [5.41, 5.74) is 4.06. The highest BCUT2D eigenvalue weighted by Crippen LogP contribution is 2.38. The van der Waals surface area contributed by atoms with Crippen molar-refractivity contribution in [3.8, 4) is 5.75 Å². The van der Waals surface area contributed by atoms with Crippen molar-refractivity contribution in [2.24, 2.45) is 0 Å². The van der Waals surface area contributed by atoms with Gasteiger partial charge in [-0.3, -0.25) is 9.59 Å². The Bertz CT molecular complexity index is 848. The van der Waals surface area contributed by atoms with Crippen molar-refractivity contribution in [1.29, 1.82) is 0 Å². The Morgan fingerprint density at radius 1 is 1.12 bits per heavy atom. The van der Waals surface area contributed by atoms with Crippen LogP contribution in [-0.4, -0.2) is 25.0 Å². The molecule has 0 atom stereocenters. The summed E-state index contributed by atoms with van der Waals surface area (Å²) in [7, 11) is 0. The molecule has 0 aromatic heterocycles. The van der Waals surface area contributed by atoms with E-state index in [9.17, 15) is 9.59 Å². The average Bonchev–Trinajstić information content (AvgIpc) is 3.03. The molecule has 0 radical (unpaired) electrons. The van der Waals surface area contributed by atoms with E-state index in [1.54, 1.807) is 24.3 Å². The summed E-state index contributed by atoms with van der Waals surface area (Å²) in [6.45, 7) is 0.664. The monoisotopic (exact) mass is 356 g/mol. The van der Waals surface area contributed by atoms with Crippen molar-refractivity contribution >= 4 is 34.8 Å². The van der Waals surface area contributed by atoms with E-state index in [0.717, 1.165) is 41.9 Å². The molecule has 5 nitrogen and oxygen atoms in total. The van der Waals surface area contributed by atoms with Gasteiger partial charge in [-0.25, -0.2) is 0 Å². The fourth-order valence-corrected chi connectivity index (χ4v) is 3.53. The van der Waals surface area contributed by atoms with Gasteiger partial charge in [0.2, 0.25) is 5.91 Å². The van der Waals surface area contributed by atoms with Gasteiger partial charge in [0, 0.05) is 23.7 Å². The zero-order valence-corrected chi connectivity index (χ0v) is 14.3. The Balaban J connectivity index is 1.44. The van der Waals surface area contributed by atoms with Crippen LogP contribution in [0.4, 0.5) is 11.4 Å². The maximum absolute atomic E-state index is 12.2. The number of aryl methyl sites for hydroxylation is 1. The van der Waals surface area contributed by atoms with Gasteiger partial charge in [-0.1, -0.05) is 11.6 Å². The molecule has 1 N–H and O–H groups in total. The van der Waals surface area contributed by atoms with Gasteiger partial charge in [0.05, 0.1) is 5.69 Å². The molecule has 2 aromatic carbocycles. The highest BCUT2D eigenvalue weighted by Gasteiger charge is 2.31. The SMILES string of the molecule is O=C(COc1ccc(Cl)cc1)Nc1cc2c3c(c1)CCN3C(=O)CC2. The predicted molar refractivity (Wildman–Crippen MR) is 96.4 cm³/mol. The van der Waals surface area contributed by atoms with Crippen LogP contribution in [0, 0.1) is 0 Å². The summed E-state index contributed by atoms with van der Waals surface area (Å²) < 4.78 is 5.46. The Labute approximate surface area is 150 Å². The lowest BCUT2D eigenvalue weighted by Gasteiger charge is -2.25. The van der Waals surface area contributed by atoms with Gasteiger partial charge in [-0.05, 0) is 60.4 Å². The lowest BCUT2D eigenvalue weighted by atomic mass is 9.98. The lowest BCUT2D eigenvalue weighted by Crippen LogP contribution is -2.32. The number of ether oxygens (including phenoxy) is 1. The standard InChI is InChI=1S/C19H17ClN2O3/c20-14-2-4-16(5-3-14)25-11-17(23)21-15-9-12-1-6-18(24)22-8-7-13(10-15)19(12)22/h2-5,9-10H,1,6-8,11H2,(H,21,23). The molecule has 2 amide bonds. The molecule has 2 aliphatic rings. The second-order valence-corrected chi connectivity index (χ2v) is 6.67. The van der Waals surface area contributed by atoms with Crippen molar-refractivity contribution in [2.75, 3.05) is 23.4 Å². The topological polar surface area (TPSA) is 58.6 Å². The molecule has 0 aliphatic carbocycles. The van der Waals surface area contributed by atoms with E-state index in [4.69, 9.17) is 16.3 Å². The first-order chi connectivity index (χ1) is 12.1. The van der Waals surface area contributed by atoms with Crippen LogP contribution in [0.3, 0.4) is 0 Å². The van der Waals surface area contributed by atoms with Gasteiger partial charge in [0.15, 0.2) is 6.61 Å². The van der Waals surface area contributed by atoms with Crippen molar-refractivity contribution in [1.82, 2.24) is 0 Å².